The number of benzene rings is 2. The summed E-state index contributed by atoms with van der Waals surface area (Å²) in [4.78, 5) is 30.8. The number of amides is 1. The van der Waals surface area contributed by atoms with Crippen LogP contribution in [-0.2, 0) is 11.0 Å². The molecule has 1 amide bonds. The van der Waals surface area contributed by atoms with Gasteiger partial charge in [0.2, 0.25) is 0 Å². The highest BCUT2D eigenvalue weighted by Gasteiger charge is 2.31. The molecule has 0 fully saturated rings. The number of carbonyl (C=O) groups is 2. The predicted octanol–water partition coefficient (Wildman–Crippen LogP) is 2.97. The number of aromatic hydroxyl groups is 1. The van der Waals surface area contributed by atoms with Crippen LogP contribution in [-0.4, -0.2) is 38.6 Å². The summed E-state index contributed by atoms with van der Waals surface area (Å²) in [6.07, 6.45) is -2.35. The van der Waals surface area contributed by atoms with Crippen molar-refractivity contribution in [3.05, 3.63) is 53.6 Å². The van der Waals surface area contributed by atoms with Gasteiger partial charge in [-0.2, -0.15) is 13.2 Å². The maximum absolute atomic E-state index is 14.4. The van der Waals surface area contributed by atoms with E-state index in [0.29, 0.717) is 12.1 Å². The number of nitrogens with zero attached hydrogens (tertiary/aromatic N) is 2. The Bertz CT molecular complexity index is 1130. The molecule has 1 heterocycles. The van der Waals surface area contributed by atoms with Crippen molar-refractivity contribution in [2.75, 3.05) is 6.54 Å². The van der Waals surface area contributed by atoms with Gasteiger partial charge in [0.1, 0.15) is 29.2 Å². The molecule has 1 aromatic heterocycles. The third-order valence-corrected chi connectivity index (χ3v) is 3.94. The minimum atomic E-state index is -4.74. The number of nitrogens with one attached hydrogen (secondary N) is 1. The van der Waals surface area contributed by atoms with E-state index in [2.05, 4.69) is 15.3 Å². The molecular weight excluding hydrogens is 398 g/mol. The van der Waals surface area contributed by atoms with Crippen LogP contribution < -0.4 is 5.32 Å². The molecule has 11 heteroatoms. The van der Waals surface area contributed by atoms with E-state index in [1.807, 2.05) is 0 Å². The fourth-order valence-corrected chi connectivity index (χ4v) is 2.70. The van der Waals surface area contributed by atoms with Crippen LogP contribution >= 0.6 is 0 Å². The topological polar surface area (TPSA) is 112 Å². The van der Waals surface area contributed by atoms with Crippen LogP contribution in [0.25, 0.3) is 22.2 Å². The maximum Gasteiger partial charge on any atom is 0.416 e. The number of carboxylic acid groups (broad SMARTS) is 1. The lowest BCUT2D eigenvalue weighted by Gasteiger charge is -2.13. The molecular formula is C18H11F4N3O4. The Labute approximate surface area is 159 Å². The quantitative estimate of drug-likeness (QED) is 0.571. The molecule has 29 heavy (non-hydrogen) atoms. The summed E-state index contributed by atoms with van der Waals surface area (Å²) in [5, 5.41) is 21.0. The fourth-order valence-electron chi connectivity index (χ4n) is 2.70. The largest absolute Gasteiger partial charge is 0.507 e. The lowest BCUT2D eigenvalue weighted by molar-refractivity contribution is -0.138. The van der Waals surface area contributed by atoms with Crippen molar-refractivity contribution >= 4 is 22.9 Å². The van der Waals surface area contributed by atoms with Crippen LogP contribution in [0.4, 0.5) is 17.6 Å². The molecule has 3 aromatic rings. The normalized spacial score (nSPS) is 11.4. The minimum Gasteiger partial charge on any atom is -0.507 e. The second-order valence-electron chi connectivity index (χ2n) is 5.84. The number of hydrogen-bond acceptors (Lipinski definition) is 5. The molecule has 0 aliphatic heterocycles. The number of phenolic OH excluding ortho intramolecular Hbond substituents is 1. The highest BCUT2D eigenvalue weighted by atomic mass is 19.4. The van der Waals surface area contributed by atoms with E-state index in [4.69, 9.17) is 5.11 Å². The molecule has 0 aliphatic carbocycles. The summed E-state index contributed by atoms with van der Waals surface area (Å²) in [6.45, 7) is -0.727. The number of rotatable bonds is 4. The molecule has 7 nitrogen and oxygen atoms in total. The molecule has 0 spiro atoms. The van der Waals surface area contributed by atoms with E-state index >= 15 is 0 Å². The van der Waals surface area contributed by atoms with Crippen LogP contribution in [0.1, 0.15) is 15.9 Å². The monoisotopic (exact) mass is 409 g/mol. The van der Waals surface area contributed by atoms with Crippen molar-refractivity contribution in [3.63, 3.8) is 0 Å². The lowest BCUT2D eigenvalue weighted by atomic mass is 9.98. The summed E-state index contributed by atoms with van der Waals surface area (Å²) in [6, 6.07) is 2.82. The molecule has 3 N–H and O–H groups in total. The van der Waals surface area contributed by atoms with Gasteiger partial charge in [-0.3, -0.25) is 19.6 Å². The van der Waals surface area contributed by atoms with Crippen molar-refractivity contribution in [2.45, 2.75) is 6.18 Å². The zero-order valence-electron chi connectivity index (χ0n) is 14.3. The third-order valence-electron chi connectivity index (χ3n) is 3.94. The van der Waals surface area contributed by atoms with Gasteiger partial charge in [0.05, 0.1) is 11.1 Å². The highest BCUT2D eigenvalue weighted by Crippen LogP contribution is 2.37. The van der Waals surface area contributed by atoms with E-state index in [-0.39, 0.29) is 22.2 Å². The Morgan fingerprint density at radius 3 is 2.28 bits per heavy atom. The van der Waals surface area contributed by atoms with Crippen LogP contribution in [0.3, 0.4) is 0 Å². The zero-order chi connectivity index (χ0) is 21.3. The summed E-state index contributed by atoms with van der Waals surface area (Å²) in [7, 11) is 0. The Balaban J connectivity index is 2.18. The van der Waals surface area contributed by atoms with Crippen molar-refractivity contribution in [1.82, 2.24) is 15.3 Å². The van der Waals surface area contributed by atoms with Crippen molar-refractivity contribution in [1.29, 1.82) is 0 Å². The number of halogens is 4. The second kappa shape index (κ2) is 7.34. The van der Waals surface area contributed by atoms with Crippen molar-refractivity contribution in [3.8, 4) is 16.9 Å². The average Bonchev–Trinajstić information content (AvgIpc) is 2.64. The van der Waals surface area contributed by atoms with Gasteiger partial charge in [-0.25, -0.2) is 4.39 Å². The standard InChI is InChI=1S/C18H11F4N3O4/c19-11-5-8(18(20,21)22)1-2-9(11)10-6-12(26)14(17(29)25-7-13(27)28)16-15(10)23-3-4-24-16/h1-6,26H,7H2,(H,25,29)(H,27,28). The molecule has 0 saturated carbocycles. The first-order valence-electron chi connectivity index (χ1n) is 7.93. The van der Waals surface area contributed by atoms with Crippen LogP contribution in [0.15, 0.2) is 36.7 Å². The maximum atomic E-state index is 14.4. The SMILES string of the molecule is O=C(O)CNC(=O)c1c(O)cc(-c2ccc(C(F)(F)F)cc2F)c2nccnc12. The van der Waals surface area contributed by atoms with Gasteiger partial charge in [-0.15, -0.1) is 0 Å². The van der Waals surface area contributed by atoms with Crippen molar-refractivity contribution < 1.29 is 37.4 Å². The molecule has 0 aliphatic rings. The van der Waals surface area contributed by atoms with Gasteiger partial charge >= 0.3 is 12.1 Å². The summed E-state index contributed by atoms with van der Waals surface area (Å²) in [5.41, 5.74) is -2.22. The first-order valence-corrected chi connectivity index (χ1v) is 7.93. The van der Waals surface area contributed by atoms with Crippen LogP contribution in [0.2, 0.25) is 0 Å². The first-order chi connectivity index (χ1) is 13.6. The zero-order valence-corrected chi connectivity index (χ0v) is 14.3. The summed E-state index contributed by atoms with van der Waals surface area (Å²) >= 11 is 0. The molecule has 150 valence electrons. The van der Waals surface area contributed by atoms with Crippen LogP contribution in [0, 0.1) is 5.82 Å². The number of aliphatic carboxylic acids is 1. The number of alkyl halides is 3. The molecule has 2 aromatic carbocycles. The van der Waals surface area contributed by atoms with Crippen LogP contribution in [0.5, 0.6) is 5.75 Å². The van der Waals surface area contributed by atoms with Gasteiger partial charge in [0.25, 0.3) is 5.91 Å². The second-order valence-corrected chi connectivity index (χ2v) is 5.84. The molecule has 0 unspecified atom stereocenters. The minimum absolute atomic E-state index is 0.0653. The highest BCUT2D eigenvalue weighted by molar-refractivity contribution is 6.11. The smallest absolute Gasteiger partial charge is 0.416 e. The van der Waals surface area contributed by atoms with E-state index in [9.17, 15) is 32.3 Å². The lowest BCUT2D eigenvalue weighted by Crippen LogP contribution is -2.29. The summed E-state index contributed by atoms with van der Waals surface area (Å²) < 4.78 is 52.7. The van der Waals surface area contributed by atoms with E-state index < -0.39 is 47.3 Å². The molecule has 0 radical (unpaired) electrons. The number of carbonyl (C=O) groups excluding carboxylic acids is 1. The van der Waals surface area contributed by atoms with Gasteiger partial charge in [-0.05, 0) is 18.2 Å². The van der Waals surface area contributed by atoms with Gasteiger partial charge in [-0.1, -0.05) is 6.07 Å². The van der Waals surface area contributed by atoms with E-state index in [1.165, 1.54) is 12.4 Å². The third kappa shape index (κ3) is 3.93. The first kappa shape index (κ1) is 20.0. The van der Waals surface area contributed by atoms with E-state index in [0.717, 1.165) is 12.1 Å². The fraction of sp³-hybridized carbons (Fsp3) is 0.111. The molecule has 0 atom stereocenters. The van der Waals surface area contributed by atoms with Gasteiger partial charge in [0, 0.05) is 23.5 Å². The summed E-state index contributed by atoms with van der Waals surface area (Å²) in [5.74, 6) is -4.17. The number of aromatic nitrogens is 2. The Morgan fingerprint density at radius 2 is 1.69 bits per heavy atom. The van der Waals surface area contributed by atoms with Gasteiger partial charge < -0.3 is 15.5 Å². The number of carboxylic acids is 1. The van der Waals surface area contributed by atoms with Gasteiger partial charge in [0.15, 0.2) is 0 Å². The number of phenols is 1. The number of fused-ring (bicyclic) bond motifs is 1. The Kier molecular flexibility index (Phi) is 5.06. The molecule has 3 rings (SSSR count). The van der Waals surface area contributed by atoms with E-state index in [1.54, 1.807) is 0 Å². The van der Waals surface area contributed by atoms with Crippen molar-refractivity contribution in [2.24, 2.45) is 0 Å². The Hall–Kier alpha value is -3.76. The Morgan fingerprint density at radius 1 is 1.03 bits per heavy atom. The molecule has 0 saturated heterocycles. The predicted molar refractivity (Wildman–Crippen MR) is 91.6 cm³/mol. The average molecular weight is 409 g/mol. The molecule has 0 bridgehead atoms. The number of hydrogen-bond donors (Lipinski definition) is 3.